The third-order valence-corrected chi connectivity index (χ3v) is 4.59. The van der Waals surface area contributed by atoms with Crippen molar-refractivity contribution in [1.29, 1.82) is 0 Å². The Morgan fingerprint density at radius 2 is 2.04 bits per heavy atom. The molecule has 0 atom stereocenters. The smallest absolute Gasteiger partial charge is 0.225 e. The summed E-state index contributed by atoms with van der Waals surface area (Å²) in [6.45, 7) is 1.92. The van der Waals surface area contributed by atoms with Crippen LogP contribution in [0, 0.1) is 0 Å². The van der Waals surface area contributed by atoms with Crippen LogP contribution in [0.25, 0.3) is 22.2 Å². The Morgan fingerprint density at radius 1 is 1.19 bits per heavy atom. The number of unbranched alkanes of at least 4 members (excludes halogenated alkanes) is 3. The van der Waals surface area contributed by atoms with Gasteiger partial charge in [-0.1, -0.05) is 19.8 Å². The van der Waals surface area contributed by atoms with Crippen LogP contribution in [-0.4, -0.2) is 27.8 Å². The minimum Gasteiger partial charge on any atom is -0.480 e. The number of Topliss-reactive ketones (excluding diaryl/α,β-unsaturated/α-hetero) is 1. The van der Waals surface area contributed by atoms with Gasteiger partial charge < -0.3 is 9.15 Å². The standard InChI is InChI=1S/C21H25N3O3/c1-3-16(25)8-6-4-5-7-9-20-23-14-19(27-20)17-12-15-10-11-22-13-18(15)24-21(17)26-2/h10-14H,3-9H2,1-2H3. The fraction of sp³-hybridized carbons (Fsp3) is 0.429. The summed E-state index contributed by atoms with van der Waals surface area (Å²) in [6, 6.07) is 3.89. The molecule has 27 heavy (non-hydrogen) atoms. The van der Waals surface area contributed by atoms with E-state index in [0.717, 1.165) is 48.6 Å². The number of ketones is 1. The first-order valence-electron chi connectivity index (χ1n) is 9.46. The number of carbonyl (C=O) groups excluding carboxylic acids is 1. The zero-order valence-electron chi connectivity index (χ0n) is 15.9. The Morgan fingerprint density at radius 3 is 2.85 bits per heavy atom. The van der Waals surface area contributed by atoms with Gasteiger partial charge in [0.2, 0.25) is 5.88 Å². The largest absolute Gasteiger partial charge is 0.480 e. The quantitative estimate of drug-likeness (QED) is 0.481. The summed E-state index contributed by atoms with van der Waals surface area (Å²) >= 11 is 0. The number of rotatable bonds is 10. The van der Waals surface area contributed by atoms with Crippen molar-refractivity contribution >= 4 is 16.7 Å². The lowest BCUT2D eigenvalue weighted by Gasteiger charge is -2.06. The molecule has 3 rings (SSSR count). The van der Waals surface area contributed by atoms with E-state index < -0.39 is 0 Å². The zero-order chi connectivity index (χ0) is 19.1. The van der Waals surface area contributed by atoms with E-state index in [1.54, 1.807) is 25.7 Å². The van der Waals surface area contributed by atoms with E-state index in [2.05, 4.69) is 15.0 Å². The van der Waals surface area contributed by atoms with Gasteiger partial charge in [-0.3, -0.25) is 9.78 Å². The van der Waals surface area contributed by atoms with Crippen molar-refractivity contribution in [3.63, 3.8) is 0 Å². The van der Waals surface area contributed by atoms with Gasteiger partial charge in [-0.05, 0) is 25.0 Å². The van der Waals surface area contributed by atoms with Crippen LogP contribution in [0.5, 0.6) is 5.88 Å². The molecule has 142 valence electrons. The van der Waals surface area contributed by atoms with Gasteiger partial charge in [0.25, 0.3) is 0 Å². The lowest BCUT2D eigenvalue weighted by atomic mass is 10.1. The van der Waals surface area contributed by atoms with Gasteiger partial charge in [0.1, 0.15) is 5.78 Å². The van der Waals surface area contributed by atoms with Crippen LogP contribution < -0.4 is 4.74 Å². The van der Waals surface area contributed by atoms with E-state index >= 15 is 0 Å². The van der Waals surface area contributed by atoms with Gasteiger partial charge >= 0.3 is 0 Å². The summed E-state index contributed by atoms with van der Waals surface area (Å²) in [4.78, 5) is 24.3. The molecule has 0 amide bonds. The number of ether oxygens (including phenoxy) is 1. The number of methoxy groups -OCH3 is 1. The predicted octanol–water partition coefficient (Wildman–Crippen LogP) is 4.77. The van der Waals surface area contributed by atoms with Crippen LogP contribution in [0.4, 0.5) is 0 Å². The number of oxazole rings is 1. The van der Waals surface area contributed by atoms with Gasteiger partial charge in [-0.2, -0.15) is 0 Å². The van der Waals surface area contributed by atoms with Crippen molar-refractivity contribution < 1.29 is 13.9 Å². The lowest BCUT2D eigenvalue weighted by molar-refractivity contribution is -0.118. The summed E-state index contributed by atoms with van der Waals surface area (Å²) in [5, 5.41) is 0.973. The molecule has 0 aliphatic carbocycles. The van der Waals surface area contributed by atoms with Gasteiger partial charge in [-0.25, -0.2) is 9.97 Å². The number of hydrogen-bond donors (Lipinski definition) is 0. The van der Waals surface area contributed by atoms with Crippen molar-refractivity contribution in [2.75, 3.05) is 7.11 Å². The highest BCUT2D eigenvalue weighted by atomic mass is 16.5. The summed E-state index contributed by atoms with van der Waals surface area (Å²) in [5.41, 5.74) is 1.56. The van der Waals surface area contributed by atoms with Crippen LogP contribution in [-0.2, 0) is 11.2 Å². The molecule has 3 aromatic rings. The van der Waals surface area contributed by atoms with Crippen molar-refractivity contribution in [3.05, 3.63) is 36.6 Å². The Bertz CT molecular complexity index is 905. The fourth-order valence-corrected chi connectivity index (χ4v) is 3.01. The third-order valence-electron chi connectivity index (χ3n) is 4.59. The minimum atomic E-state index is 0.348. The van der Waals surface area contributed by atoms with Crippen LogP contribution in [0.15, 0.2) is 35.1 Å². The highest BCUT2D eigenvalue weighted by molar-refractivity contribution is 5.84. The topological polar surface area (TPSA) is 78.1 Å². The lowest BCUT2D eigenvalue weighted by Crippen LogP contribution is -1.94. The first-order valence-corrected chi connectivity index (χ1v) is 9.46. The second-order valence-corrected chi connectivity index (χ2v) is 6.54. The molecule has 0 spiro atoms. The number of fused-ring (bicyclic) bond motifs is 1. The molecule has 0 radical (unpaired) electrons. The normalized spacial score (nSPS) is 11.0. The Labute approximate surface area is 159 Å². The zero-order valence-corrected chi connectivity index (χ0v) is 15.9. The summed E-state index contributed by atoms with van der Waals surface area (Å²) in [6.07, 6.45) is 11.4. The maximum atomic E-state index is 11.3. The molecule has 3 aromatic heterocycles. The number of pyridine rings is 2. The SMILES string of the molecule is CCC(=O)CCCCCCc1ncc(-c2cc3ccncc3nc2OC)o1. The van der Waals surface area contributed by atoms with E-state index in [4.69, 9.17) is 9.15 Å². The van der Waals surface area contributed by atoms with Crippen LogP contribution in [0.1, 0.15) is 51.3 Å². The van der Waals surface area contributed by atoms with E-state index in [1.807, 2.05) is 19.1 Å². The Balaban J connectivity index is 1.60. The van der Waals surface area contributed by atoms with Crippen LogP contribution in [0.3, 0.4) is 0 Å². The van der Waals surface area contributed by atoms with Crippen LogP contribution in [0.2, 0.25) is 0 Å². The van der Waals surface area contributed by atoms with Gasteiger partial charge in [-0.15, -0.1) is 0 Å². The Hall–Kier alpha value is -2.76. The highest BCUT2D eigenvalue weighted by Gasteiger charge is 2.14. The molecule has 6 nitrogen and oxygen atoms in total. The van der Waals surface area contributed by atoms with E-state index in [1.165, 1.54) is 0 Å². The summed E-state index contributed by atoms with van der Waals surface area (Å²) < 4.78 is 11.3. The molecule has 3 heterocycles. The van der Waals surface area contributed by atoms with E-state index in [0.29, 0.717) is 36.2 Å². The second kappa shape index (κ2) is 9.26. The maximum absolute atomic E-state index is 11.3. The number of nitrogens with zero attached hydrogens (tertiary/aromatic N) is 3. The molecule has 0 fully saturated rings. The van der Waals surface area contributed by atoms with E-state index in [9.17, 15) is 4.79 Å². The summed E-state index contributed by atoms with van der Waals surface area (Å²) in [5.74, 6) is 2.22. The van der Waals surface area contributed by atoms with E-state index in [-0.39, 0.29) is 0 Å². The molecule has 0 aliphatic heterocycles. The van der Waals surface area contributed by atoms with Crippen molar-refractivity contribution in [1.82, 2.24) is 15.0 Å². The molecular weight excluding hydrogens is 342 g/mol. The molecule has 0 unspecified atom stereocenters. The molecular formula is C21H25N3O3. The van der Waals surface area contributed by atoms with Crippen LogP contribution >= 0.6 is 0 Å². The van der Waals surface area contributed by atoms with Gasteiger partial charge in [0.05, 0.1) is 30.6 Å². The fourth-order valence-electron chi connectivity index (χ4n) is 3.01. The molecule has 0 bridgehead atoms. The monoisotopic (exact) mass is 367 g/mol. The molecule has 0 N–H and O–H groups in total. The third kappa shape index (κ3) is 4.90. The number of carbonyl (C=O) groups is 1. The van der Waals surface area contributed by atoms with Gasteiger partial charge in [0.15, 0.2) is 11.7 Å². The number of hydrogen-bond acceptors (Lipinski definition) is 6. The Kier molecular flexibility index (Phi) is 6.52. The average Bonchev–Trinajstić information content (AvgIpc) is 3.18. The van der Waals surface area contributed by atoms with Crippen molar-refractivity contribution in [2.45, 2.75) is 51.9 Å². The number of aromatic nitrogens is 3. The molecule has 6 heteroatoms. The summed E-state index contributed by atoms with van der Waals surface area (Å²) in [7, 11) is 1.59. The maximum Gasteiger partial charge on any atom is 0.225 e. The second-order valence-electron chi connectivity index (χ2n) is 6.54. The first-order chi connectivity index (χ1) is 13.2. The molecule has 0 aliphatic rings. The first kappa shape index (κ1) is 19.0. The minimum absolute atomic E-state index is 0.348. The molecule has 0 saturated heterocycles. The van der Waals surface area contributed by atoms with Gasteiger partial charge in [0, 0.05) is 30.8 Å². The van der Waals surface area contributed by atoms with Crippen molar-refractivity contribution in [3.8, 4) is 17.2 Å². The van der Waals surface area contributed by atoms with Crippen molar-refractivity contribution in [2.24, 2.45) is 0 Å². The highest BCUT2D eigenvalue weighted by Crippen LogP contribution is 2.32. The predicted molar refractivity (Wildman–Crippen MR) is 104 cm³/mol. The molecule has 0 saturated carbocycles. The average molecular weight is 367 g/mol. The number of aryl methyl sites for hydroxylation is 1. The molecule has 0 aromatic carbocycles.